The number of aryl methyl sites for hydroxylation is 1. The summed E-state index contributed by atoms with van der Waals surface area (Å²) < 4.78 is 7.24. The first-order chi connectivity index (χ1) is 10.3. The minimum Gasteiger partial charge on any atom is -0.378 e. The van der Waals surface area contributed by atoms with Gasteiger partial charge in [-0.3, -0.25) is 0 Å². The number of aromatic nitrogens is 4. The number of benzene rings is 1. The second-order valence-electron chi connectivity index (χ2n) is 5.24. The van der Waals surface area contributed by atoms with Crippen LogP contribution < -0.4 is 4.90 Å². The van der Waals surface area contributed by atoms with Crippen molar-refractivity contribution >= 4 is 16.9 Å². The Morgan fingerprint density at radius 3 is 2.90 bits per heavy atom. The number of ether oxygens (including phenoxy) is 1. The van der Waals surface area contributed by atoms with E-state index in [1.54, 1.807) is 0 Å². The SMILES string of the molecule is Cn1nc(-c2ccc3[nH]ccc3c2)nc1N1CCOCC1. The molecule has 1 aliphatic rings. The van der Waals surface area contributed by atoms with E-state index in [-0.39, 0.29) is 0 Å². The first kappa shape index (κ1) is 12.4. The van der Waals surface area contributed by atoms with Crippen LogP contribution in [0.4, 0.5) is 5.95 Å². The first-order valence-electron chi connectivity index (χ1n) is 7.12. The maximum atomic E-state index is 5.39. The monoisotopic (exact) mass is 283 g/mol. The van der Waals surface area contributed by atoms with Crippen molar-refractivity contribution in [2.24, 2.45) is 7.05 Å². The highest BCUT2D eigenvalue weighted by Gasteiger charge is 2.18. The summed E-state index contributed by atoms with van der Waals surface area (Å²) in [6.07, 6.45) is 1.94. The second-order valence-corrected chi connectivity index (χ2v) is 5.24. The molecule has 2 aromatic heterocycles. The van der Waals surface area contributed by atoms with Crippen LogP contribution in [-0.4, -0.2) is 46.1 Å². The van der Waals surface area contributed by atoms with Gasteiger partial charge >= 0.3 is 0 Å². The predicted molar refractivity (Wildman–Crippen MR) is 81.3 cm³/mol. The molecule has 0 amide bonds. The number of rotatable bonds is 2. The molecule has 0 unspecified atom stereocenters. The van der Waals surface area contributed by atoms with Gasteiger partial charge in [0.05, 0.1) is 13.2 Å². The van der Waals surface area contributed by atoms with Crippen LogP contribution >= 0.6 is 0 Å². The number of anilines is 1. The molecule has 21 heavy (non-hydrogen) atoms. The summed E-state index contributed by atoms with van der Waals surface area (Å²) in [4.78, 5) is 10.1. The van der Waals surface area contributed by atoms with Crippen molar-refractivity contribution < 1.29 is 4.74 Å². The molecule has 1 aliphatic heterocycles. The predicted octanol–water partition coefficient (Wildman–Crippen LogP) is 1.80. The molecule has 0 saturated carbocycles. The van der Waals surface area contributed by atoms with Gasteiger partial charge in [0, 0.05) is 42.8 Å². The molecule has 0 bridgehead atoms. The molecule has 0 aliphatic carbocycles. The molecule has 1 saturated heterocycles. The quantitative estimate of drug-likeness (QED) is 0.779. The Morgan fingerprint density at radius 2 is 2.05 bits per heavy atom. The van der Waals surface area contributed by atoms with Crippen LogP contribution in [0.2, 0.25) is 0 Å². The molecule has 3 aromatic rings. The molecule has 0 atom stereocenters. The van der Waals surface area contributed by atoms with Crippen LogP contribution in [0.25, 0.3) is 22.3 Å². The average molecular weight is 283 g/mol. The van der Waals surface area contributed by atoms with Gasteiger partial charge in [-0.15, -0.1) is 5.10 Å². The van der Waals surface area contributed by atoms with Crippen LogP contribution in [0.5, 0.6) is 0 Å². The van der Waals surface area contributed by atoms with Gasteiger partial charge in [0.1, 0.15) is 0 Å². The third-order valence-electron chi connectivity index (χ3n) is 3.85. The molecule has 1 fully saturated rings. The van der Waals surface area contributed by atoms with Crippen LogP contribution in [0, 0.1) is 0 Å². The summed E-state index contributed by atoms with van der Waals surface area (Å²) >= 11 is 0. The Hall–Kier alpha value is -2.34. The lowest BCUT2D eigenvalue weighted by atomic mass is 10.1. The summed E-state index contributed by atoms with van der Waals surface area (Å²) in [5, 5.41) is 5.73. The Balaban J connectivity index is 1.71. The van der Waals surface area contributed by atoms with Crippen molar-refractivity contribution in [3.05, 3.63) is 30.5 Å². The Kier molecular flexibility index (Phi) is 2.89. The van der Waals surface area contributed by atoms with Crippen molar-refractivity contribution in [3.63, 3.8) is 0 Å². The number of nitrogens with one attached hydrogen (secondary N) is 1. The third kappa shape index (κ3) is 2.17. The number of aromatic amines is 1. The van der Waals surface area contributed by atoms with E-state index in [4.69, 9.17) is 9.72 Å². The molecular formula is C15H17N5O. The van der Waals surface area contributed by atoms with Crippen molar-refractivity contribution in [2.45, 2.75) is 0 Å². The zero-order valence-electron chi connectivity index (χ0n) is 11.9. The normalized spacial score (nSPS) is 15.8. The number of hydrogen-bond acceptors (Lipinski definition) is 4. The van der Waals surface area contributed by atoms with E-state index in [0.717, 1.165) is 49.2 Å². The average Bonchev–Trinajstić information content (AvgIpc) is 3.13. The van der Waals surface area contributed by atoms with Gasteiger partial charge in [0.15, 0.2) is 5.82 Å². The molecule has 108 valence electrons. The van der Waals surface area contributed by atoms with Gasteiger partial charge in [-0.05, 0) is 24.3 Å². The van der Waals surface area contributed by atoms with Crippen molar-refractivity contribution in [2.75, 3.05) is 31.2 Å². The van der Waals surface area contributed by atoms with Crippen molar-refractivity contribution in [1.29, 1.82) is 0 Å². The summed E-state index contributed by atoms with van der Waals surface area (Å²) in [7, 11) is 1.94. The fraction of sp³-hybridized carbons (Fsp3) is 0.333. The Morgan fingerprint density at radius 1 is 1.19 bits per heavy atom. The van der Waals surface area contributed by atoms with E-state index in [1.165, 1.54) is 5.39 Å². The molecular weight excluding hydrogens is 266 g/mol. The lowest BCUT2D eigenvalue weighted by molar-refractivity contribution is 0.121. The Bertz CT molecular complexity index is 769. The molecule has 6 nitrogen and oxygen atoms in total. The summed E-state index contributed by atoms with van der Waals surface area (Å²) in [6.45, 7) is 3.22. The van der Waals surface area contributed by atoms with Crippen LogP contribution in [0.3, 0.4) is 0 Å². The number of hydrogen-bond donors (Lipinski definition) is 1. The summed E-state index contributed by atoms with van der Waals surface area (Å²) in [6, 6.07) is 8.29. The van der Waals surface area contributed by atoms with Crippen LogP contribution in [0.15, 0.2) is 30.5 Å². The highest BCUT2D eigenvalue weighted by molar-refractivity contribution is 5.83. The van der Waals surface area contributed by atoms with Gasteiger partial charge in [0.2, 0.25) is 5.95 Å². The van der Waals surface area contributed by atoms with Crippen molar-refractivity contribution in [3.8, 4) is 11.4 Å². The smallest absolute Gasteiger partial charge is 0.224 e. The highest BCUT2D eigenvalue weighted by Crippen LogP contribution is 2.23. The number of H-pyrrole nitrogens is 1. The molecule has 6 heteroatoms. The van der Waals surface area contributed by atoms with Gasteiger partial charge < -0.3 is 14.6 Å². The minimum absolute atomic E-state index is 0.748. The third-order valence-corrected chi connectivity index (χ3v) is 3.85. The van der Waals surface area contributed by atoms with E-state index < -0.39 is 0 Å². The van der Waals surface area contributed by atoms with Gasteiger partial charge in [0.25, 0.3) is 0 Å². The topological polar surface area (TPSA) is 59.0 Å². The zero-order valence-corrected chi connectivity index (χ0v) is 11.9. The van der Waals surface area contributed by atoms with Gasteiger partial charge in [-0.1, -0.05) is 0 Å². The molecule has 0 radical (unpaired) electrons. The molecule has 4 rings (SSSR count). The van der Waals surface area contributed by atoms with Gasteiger partial charge in [-0.2, -0.15) is 4.98 Å². The van der Waals surface area contributed by atoms with E-state index in [0.29, 0.717) is 0 Å². The second kappa shape index (κ2) is 4.89. The van der Waals surface area contributed by atoms with E-state index >= 15 is 0 Å². The molecule has 1 aromatic carbocycles. The van der Waals surface area contributed by atoms with Crippen LogP contribution in [-0.2, 0) is 11.8 Å². The number of morpholine rings is 1. The van der Waals surface area contributed by atoms with Crippen molar-refractivity contribution in [1.82, 2.24) is 19.7 Å². The van der Waals surface area contributed by atoms with E-state index in [9.17, 15) is 0 Å². The van der Waals surface area contributed by atoms with Crippen LogP contribution in [0.1, 0.15) is 0 Å². The zero-order chi connectivity index (χ0) is 14.2. The molecule has 0 spiro atoms. The maximum Gasteiger partial charge on any atom is 0.224 e. The fourth-order valence-electron chi connectivity index (χ4n) is 2.73. The minimum atomic E-state index is 0.748. The standard InChI is InChI=1S/C15H17N5O/c1-19-15(20-6-8-21-9-7-20)17-14(18-19)12-2-3-13-11(10-12)4-5-16-13/h2-5,10,16H,6-9H2,1H3. The Labute approximate surface area is 122 Å². The molecule has 1 N–H and O–H groups in total. The largest absolute Gasteiger partial charge is 0.378 e. The lowest BCUT2D eigenvalue weighted by Gasteiger charge is -2.26. The fourth-order valence-corrected chi connectivity index (χ4v) is 2.73. The summed E-state index contributed by atoms with van der Waals surface area (Å²) in [5.41, 5.74) is 2.17. The number of nitrogens with zero attached hydrogens (tertiary/aromatic N) is 4. The molecule has 3 heterocycles. The van der Waals surface area contributed by atoms with Gasteiger partial charge in [-0.25, -0.2) is 4.68 Å². The van der Waals surface area contributed by atoms with E-state index in [1.807, 2.05) is 17.9 Å². The maximum absolute atomic E-state index is 5.39. The first-order valence-corrected chi connectivity index (χ1v) is 7.12. The number of fused-ring (bicyclic) bond motifs is 1. The summed E-state index contributed by atoms with van der Waals surface area (Å²) in [5.74, 6) is 1.67. The lowest BCUT2D eigenvalue weighted by Crippen LogP contribution is -2.37. The van der Waals surface area contributed by atoms with E-state index in [2.05, 4.69) is 39.2 Å². The highest BCUT2D eigenvalue weighted by atomic mass is 16.5.